The Morgan fingerprint density at radius 1 is 1.45 bits per heavy atom. The average molecular weight is 277 g/mol. The van der Waals surface area contributed by atoms with Crippen LogP contribution in [0.25, 0.3) is 0 Å². The number of aryl methyl sites for hydroxylation is 1. The summed E-state index contributed by atoms with van der Waals surface area (Å²) in [5.41, 5.74) is 1.63. The Balaban J connectivity index is 2.33. The molecule has 0 aliphatic rings. The fraction of sp³-hybridized carbons (Fsp3) is 0.400. The highest BCUT2D eigenvalue weighted by atomic mass is 19.1. The lowest BCUT2D eigenvalue weighted by molar-refractivity contribution is 0.390. The third-order valence-electron chi connectivity index (χ3n) is 3.23. The van der Waals surface area contributed by atoms with E-state index in [1.54, 1.807) is 30.1 Å². The summed E-state index contributed by atoms with van der Waals surface area (Å²) in [5.74, 6) is 0.319. The van der Waals surface area contributed by atoms with Crippen molar-refractivity contribution in [1.29, 1.82) is 0 Å². The van der Waals surface area contributed by atoms with Crippen LogP contribution in [0.1, 0.15) is 24.1 Å². The highest BCUT2D eigenvalue weighted by Crippen LogP contribution is 2.30. The monoisotopic (exact) mass is 277 g/mol. The molecule has 1 atom stereocenters. The van der Waals surface area contributed by atoms with Gasteiger partial charge in [0.05, 0.1) is 13.3 Å². The van der Waals surface area contributed by atoms with E-state index < -0.39 is 0 Å². The van der Waals surface area contributed by atoms with Crippen molar-refractivity contribution >= 4 is 0 Å². The molecule has 1 unspecified atom stereocenters. The molecule has 5 heteroatoms. The number of methoxy groups -OCH3 is 1. The van der Waals surface area contributed by atoms with E-state index in [-0.39, 0.29) is 11.9 Å². The van der Waals surface area contributed by atoms with Gasteiger partial charge >= 0.3 is 0 Å². The fourth-order valence-corrected chi connectivity index (χ4v) is 2.37. The average Bonchev–Trinajstić information content (AvgIpc) is 2.83. The molecule has 0 aliphatic carbocycles. The van der Waals surface area contributed by atoms with E-state index in [1.165, 1.54) is 6.07 Å². The molecule has 4 nitrogen and oxygen atoms in total. The van der Waals surface area contributed by atoms with Gasteiger partial charge in [0.2, 0.25) is 0 Å². The van der Waals surface area contributed by atoms with Gasteiger partial charge in [-0.3, -0.25) is 4.68 Å². The maximum atomic E-state index is 14.2. The van der Waals surface area contributed by atoms with Gasteiger partial charge in [0.25, 0.3) is 0 Å². The first-order chi connectivity index (χ1) is 9.65. The summed E-state index contributed by atoms with van der Waals surface area (Å²) in [5, 5.41) is 7.47. The summed E-state index contributed by atoms with van der Waals surface area (Å²) >= 11 is 0. The minimum Gasteiger partial charge on any atom is -0.496 e. The van der Waals surface area contributed by atoms with Crippen LogP contribution >= 0.6 is 0 Å². The number of halogens is 1. The van der Waals surface area contributed by atoms with Gasteiger partial charge in [-0.15, -0.1) is 0 Å². The van der Waals surface area contributed by atoms with E-state index in [1.807, 2.05) is 20.2 Å². The minimum atomic E-state index is -0.251. The summed E-state index contributed by atoms with van der Waals surface area (Å²) in [4.78, 5) is 0. The van der Waals surface area contributed by atoms with E-state index in [4.69, 9.17) is 4.74 Å². The number of nitrogens with zero attached hydrogens (tertiary/aromatic N) is 2. The van der Waals surface area contributed by atoms with E-state index >= 15 is 0 Å². The minimum absolute atomic E-state index is 0.139. The van der Waals surface area contributed by atoms with Gasteiger partial charge in [0.15, 0.2) is 0 Å². The second-order valence-corrected chi connectivity index (χ2v) is 4.69. The Hall–Kier alpha value is -1.88. The lowest BCUT2D eigenvalue weighted by Gasteiger charge is -2.20. The van der Waals surface area contributed by atoms with Crippen LogP contribution in [0.2, 0.25) is 0 Å². The number of benzene rings is 1. The second kappa shape index (κ2) is 6.52. The Morgan fingerprint density at radius 2 is 2.25 bits per heavy atom. The molecule has 20 heavy (non-hydrogen) atoms. The maximum absolute atomic E-state index is 14.2. The van der Waals surface area contributed by atoms with Crippen LogP contribution in [-0.4, -0.2) is 23.4 Å². The molecular weight excluding hydrogens is 257 g/mol. The summed E-state index contributed by atoms with van der Waals surface area (Å²) in [6, 6.07) is 4.77. The molecular formula is C15H20FN3O. The zero-order chi connectivity index (χ0) is 14.5. The van der Waals surface area contributed by atoms with Crippen molar-refractivity contribution in [2.75, 3.05) is 13.7 Å². The second-order valence-electron chi connectivity index (χ2n) is 4.69. The predicted molar refractivity (Wildman–Crippen MR) is 76.3 cm³/mol. The smallest absolute Gasteiger partial charge is 0.131 e. The lowest BCUT2D eigenvalue weighted by Crippen LogP contribution is -2.24. The van der Waals surface area contributed by atoms with Crippen LogP contribution in [0.15, 0.2) is 30.6 Å². The van der Waals surface area contributed by atoms with Crippen molar-refractivity contribution in [2.24, 2.45) is 7.05 Å². The van der Waals surface area contributed by atoms with E-state index in [0.717, 1.165) is 12.1 Å². The SMILES string of the molecule is CCNC(Cc1cnn(C)c1)c1c(F)cccc1OC. The zero-order valence-corrected chi connectivity index (χ0v) is 12.1. The molecule has 0 saturated carbocycles. The normalized spacial score (nSPS) is 12.4. The van der Waals surface area contributed by atoms with E-state index in [2.05, 4.69) is 10.4 Å². The molecule has 0 aliphatic heterocycles. The van der Waals surface area contributed by atoms with Crippen molar-refractivity contribution in [3.05, 3.63) is 47.5 Å². The van der Waals surface area contributed by atoms with Crippen LogP contribution in [-0.2, 0) is 13.5 Å². The molecule has 1 N–H and O–H groups in total. The van der Waals surface area contributed by atoms with Gasteiger partial charge in [-0.25, -0.2) is 4.39 Å². The molecule has 0 spiro atoms. The molecule has 2 rings (SSSR count). The Morgan fingerprint density at radius 3 is 2.85 bits per heavy atom. The summed E-state index contributed by atoms with van der Waals surface area (Å²) < 4.78 is 21.2. The van der Waals surface area contributed by atoms with E-state index in [9.17, 15) is 4.39 Å². The van der Waals surface area contributed by atoms with Crippen molar-refractivity contribution in [3.63, 3.8) is 0 Å². The molecule has 108 valence electrons. The molecule has 1 aromatic carbocycles. The number of ether oxygens (including phenoxy) is 1. The maximum Gasteiger partial charge on any atom is 0.131 e. The Kier molecular flexibility index (Phi) is 4.74. The summed E-state index contributed by atoms with van der Waals surface area (Å²) in [6.45, 7) is 2.76. The van der Waals surface area contributed by atoms with Crippen molar-refractivity contribution < 1.29 is 9.13 Å². The molecule has 0 radical (unpaired) electrons. The topological polar surface area (TPSA) is 39.1 Å². The van der Waals surface area contributed by atoms with Crippen molar-refractivity contribution in [3.8, 4) is 5.75 Å². The van der Waals surface area contributed by atoms with Gasteiger partial charge < -0.3 is 10.1 Å². The van der Waals surface area contributed by atoms with Crippen LogP contribution in [0.3, 0.4) is 0 Å². The molecule has 1 aromatic heterocycles. The first-order valence-electron chi connectivity index (χ1n) is 6.69. The highest BCUT2D eigenvalue weighted by Gasteiger charge is 2.20. The first-order valence-corrected chi connectivity index (χ1v) is 6.69. The molecule has 1 heterocycles. The standard InChI is InChI=1S/C15H20FN3O/c1-4-17-13(8-11-9-18-19(2)10-11)15-12(16)6-5-7-14(15)20-3/h5-7,9-10,13,17H,4,8H2,1-3H3. The van der Waals surface area contributed by atoms with Gasteiger partial charge in [-0.05, 0) is 30.7 Å². The van der Waals surface area contributed by atoms with Gasteiger partial charge in [0.1, 0.15) is 11.6 Å². The van der Waals surface area contributed by atoms with Gasteiger partial charge in [-0.2, -0.15) is 5.10 Å². The van der Waals surface area contributed by atoms with Crippen LogP contribution in [0.5, 0.6) is 5.75 Å². The molecule has 0 saturated heterocycles. The predicted octanol–water partition coefficient (Wildman–Crippen LogP) is 2.46. The van der Waals surface area contributed by atoms with Crippen molar-refractivity contribution in [1.82, 2.24) is 15.1 Å². The molecule has 0 bridgehead atoms. The van der Waals surface area contributed by atoms with E-state index in [0.29, 0.717) is 17.7 Å². The quantitative estimate of drug-likeness (QED) is 0.881. The summed E-state index contributed by atoms with van der Waals surface area (Å²) in [6.07, 6.45) is 4.41. The Labute approximate surface area is 118 Å². The van der Waals surface area contributed by atoms with Crippen LogP contribution in [0.4, 0.5) is 4.39 Å². The van der Waals surface area contributed by atoms with Gasteiger partial charge in [0, 0.05) is 24.8 Å². The first kappa shape index (κ1) is 14.5. The number of likely N-dealkylation sites (N-methyl/N-ethyl adjacent to an activating group) is 1. The molecule has 0 amide bonds. The summed E-state index contributed by atoms with van der Waals surface area (Å²) in [7, 11) is 3.43. The number of rotatable bonds is 6. The zero-order valence-electron chi connectivity index (χ0n) is 12.1. The van der Waals surface area contributed by atoms with Gasteiger partial charge in [-0.1, -0.05) is 13.0 Å². The van der Waals surface area contributed by atoms with Crippen LogP contribution in [0, 0.1) is 5.82 Å². The number of nitrogens with one attached hydrogen (secondary N) is 1. The largest absolute Gasteiger partial charge is 0.496 e. The van der Waals surface area contributed by atoms with Crippen LogP contribution < -0.4 is 10.1 Å². The Bertz CT molecular complexity index is 568. The number of hydrogen-bond acceptors (Lipinski definition) is 3. The molecule has 0 fully saturated rings. The van der Waals surface area contributed by atoms with Crippen molar-refractivity contribution in [2.45, 2.75) is 19.4 Å². The lowest BCUT2D eigenvalue weighted by atomic mass is 9.99. The molecule has 2 aromatic rings. The number of aromatic nitrogens is 2. The highest BCUT2D eigenvalue weighted by molar-refractivity contribution is 5.38. The fourth-order valence-electron chi connectivity index (χ4n) is 2.37. The third-order valence-corrected chi connectivity index (χ3v) is 3.23. The number of hydrogen-bond donors (Lipinski definition) is 1. The third kappa shape index (κ3) is 3.17.